The van der Waals surface area contributed by atoms with E-state index in [0.29, 0.717) is 34.2 Å². The summed E-state index contributed by atoms with van der Waals surface area (Å²) in [5, 5.41) is 5.64. The molecule has 2 amide bonds. The predicted octanol–water partition coefficient (Wildman–Crippen LogP) is 10.1. The molecule has 11 heteroatoms. The number of carbonyl (C=O) groups excluding carboxylic acids is 6. The number of hydrogen-bond donors (Lipinski definition) is 2. The Bertz CT molecular complexity index is 1900. The summed E-state index contributed by atoms with van der Waals surface area (Å²) < 4.78 is 16.8. The highest BCUT2D eigenvalue weighted by molar-refractivity contribution is 6.11. The Morgan fingerprint density at radius 3 is 1.08 bits per heavy atom. The molecule has 312 valence electrons. The zero-order chi connectivity index (χ0) is 41.8. The lowest BCUT2D eigenvalue weighted by molar-refractivity contribution is -0.140. The van der Waals surface area contributed by atoms with Gasteiger partial charge in [-0.15, -0.1) is 0 Å². The normalized spacial score (nSPS) is 16.3. The lowest BCUT2D eigenvalue weighted by Crippen LogP contribution is -2.22. The lowest BCUT2D eigenvalue weighted by atomic mass is 9.89. The Kier molecular flexibility index (Phi) is 14.2. The summed E-state index contributed by atoms with van der Waals surface area (Å²) in [6.07, 6.45) is 14.4. The van der Waals surface area contributed by atoms with Crippen molar-refractivity contribution in [3.05, 3.63) is 113 Å². The second-order valence-electron chi connectivity index (χ2n) is 16.3. The molecule has 0 aromatic heterocycles. The molecule has 0 aliphatic heterocycles. The van der Waals surface area contributed by atoms with Gasteiger partial charge in [-0.25, -0.2) is 0 Å². The van der Waals surface area contributed by atoms with Gasteiger partial charge in [0, 0.05) is 34.5 Å². The third-order valence-corrected chi connectivity index (χ3v) is 11.8. The molecule has 3 fully saturated rings. The van der Waals surface area contributed by atoms with Crippen molar-refractivity contribution in [1.29, 1.82) is 0 Å². The van der Waals surface area contributed by atoms with Crippen molar-refractivity contribution in [2.24, 2.45) is 17.8 Å². The van der Waals surface area contributed by atoms with E-state index in [0.717, 1.165) is 96.3 Å². The number of rotatable bonds is 13. The van der Waals surface area contributed by atoms with Gasteiger partial charge in [0.15, 0.2) is 5.78 Å². The highest BCUT2D eigenvalue weighted by atomic mass is 16.5. The molecule has 0 saturated heterocycles. The molecule has 3 aliphatic carbocycles. The van der Waals surface area contributed by atoms with E-state index in [1.165, 1.54) is 18.2 Å². The molecule has 0 atom stereocenters. The molecule has 0 unspecified atom stereocenters. The molecule has 2 N–H and O–H groups in total. The first kappa shape index (κ1) is 42.0. The lowest BCUT2D eigenvalue weighted by Gasteiger charge is -2.19. The molecule has 7 rings (SSSR count). The maximum absolute atomic E-state index is 13.8. The van der Waals surface area contributed by atoms with Gasteiger partial charge in [0.25, 0.3) is 11.8 Å². The molecule has 0 bridgehead atoms. The molecular formula is C49H52N2O9. The smallest absolute Gasteiger partial charge is 0.314 e. The van der Waals surface area contributed by atoms with Gasteiger partial charge in [-0.05, 0) is 123 Å². The molecular weight excluding hydrogens is 761 g/mol. The van der Waals surface area contributed by atoms with Gasteiger partial charge in [-0.2, -0.15) is 0 Å². The van der Waals surface area contributed by atoms with Crippen LogP contribution in [0, 0.1) is 17.8 Å². The number of esters is 3. The zero-order valence-electron chi connectivity index (χ0n) is 33.9. The molecule has 0 heterocycles. The number of hydrogen-bond acceptors (Lipinski definition) is 9. The number of ketones is 1. The second kappa shape index (κ2) is 20.2. The number of nitrogens with one attached hydrogen (secondary N) is 2. The third-order valence-electron chi connectivity index (χ3n) is 11.8. The Morgan fingerprint density at radius 2 is 0.733 bits per heavy atom. The molecule has 4 aromatic carbocycles. The fourth-order valence-corrected chi connectivity index (χ4v) is 8.25. The van der Waals surface area contributed by atoms with E-state index in [4.69, 9.17) is 14.2 Å². The van der Waals surface area contributed by atoms with Crippen molar-refractivity contribution in [2.75, 3.05) is 10.6 Å². The van der Waals surface area contributed by atoms with Gasteiger partial charge >= 0.3 is 17.9 Å². The van der Waals surface area contributed by atoms with Crippen molar-refractivity contribution < 1.29 is 43.0 Å². The zero-order valence-corrected chi connectivity index (χ0v) is 33.9. The van der Waals surface area contributed by atoms with Gasteiger partial charge in [0.05, 0.1) is 17.8 Å². The molecule has 0 radical (unpaired) electrons. The van der Waals surface area contributed by atoms with Crippen LogP contribution in [0.15, 0.2) is 91.0 Å². The largest absolute Gasteiger partial charge is 0.426 e. The fraction of sp³-hybridized carbons (Fsp3) is 0.388. The maximum Gasteiger partial charge on any atom is 0.314 e. The van der Waals surface area contributed by atoms with E-state index in [-0.39, 0.29) is 64.6 Å². The van der Waals surface area contributed by atoms with Crippen LogP contribution in [-0.2, 0) is 20.8 Å². The van der Waals surface area contributed by atoms with E-state index in [2.05, 4.69) is 10.6 Å². The van der Waals surface area contributed by atoms with Gasteiger partial charge in [-0.3, -0.25) is 28.8 Å². The van der Waals surface area contributed by atoms with Crippen molar-refractivity contribution in [3.8, 4) is 17.2 Å². The minimum Gasteiger partial charge on any atom is -0.426 e. The Balaban J connectivity index is 1.04. The van der Waals surface area contributed by atoms with Crippen LogP contribution in [0.4, 0.5) is 11.4 Å². The van der Waals surface area contributed by atoms with Gasteiger partial charge in [0.1, 0.15) is 17.2 Å². The topological polar surface area (TPSA) is 154 Å². The monoisotopic (exact) mass is 812 g/mol. The van der Waals surface area contributed by atoms with Crippen molar-refractivity contribution in [1.82, 2.24) is 0 Å². The first-order chi connectivity index (χ1) is 29.2. The van der Waals surface area contributed by atoms with Crippen LogP contribution in [0.5, 0.6) is 17.2 Å². The maximum atomic E-state index is 13.8. The Morgan fingerprint density at radius 1 is 0.417 bits per heavy atom. The minimum atomic E-state index is -0.557. The van der Waals surface area contributed by atoms with Gasteiger partial charge < -0.3 is 24.8 Å². The van der Waals surface area contributed by atoms with E-state index >= 15 is 0 Å². The van der Waals surface area contributed by atoms with Gasteiger partial charge in [-0.1, -0.05) is 69.9 Å². The van der Waals surface area contributed by atoms with Crippen LogP contribution in [0.2, 0.25) is 0 Å². The second-order valence-corrected chi connectivity index (χ2v) is 16.3. The minimum absolute atomic E-state index is 0.0366. The molecule has 3 saturated carbocycles. The first-order valence-corrected chi connectivity index (χ1v) is 21.4. The average Bonchev–Trinajstić information content (AvgIpc) is 3.29. The van der Waals surface area contributed by atoms with Crippen molar-refractivity contribution in [2.45, 2.75) is 103 Å². The molecule has 4 aromatic rings. The molecule has 11 nitrogen and oxygen atoms in total. The molecule has 3 aliphatic rings. The van der Waals surface area contributed by atoms with E-state index in [1.54, 1.807) is 72.8 Å². The third kappa shape index (κ3) is 11.5. The van der Waals surface area contributed by atoms with Crippen LogP contribution in [0.25, 0.3) is 0 Å². The number of anilines is 2. The Labute approximate surface area is 350 Å². The standard InChI is InChI=1S/C49H52N2O9/c52-44(28-32-16-22-41(23-17-32)58-47(55)33-10-4-1-5-11-33)36-29-37(45(53)50-39-18-24-42(25-19-39)59-48(56)34-12-6-2-7-13-34)31-38(30-36)46(54)51-40-20-26-43(27-21-40)60-49(57)35-14-8-3-9-15-35/h16-27,29-31,33-35H,1-15,28H2,(H,50,53)(H,51,54). The van der Waals surface area contributed by atoms with Crippen LogP contribution in [-0.4, -0.2) is 35.5 Å². The van der Waals surface area contributed by atoms with Crippen LogP contribution < -0.4 is 24.8 Å². The average molecular weight is 813 g/mol. The predicted molar refractivity (Wildman–Crippen MR) is 226 cm³/mol. The summed E-state index contributed by atoms with van der Waals surface area (Å²) in [4.78, 5) is 79.2. The number of carbonyl (C=O) groups is 6. The quantitative estimate of drug-likeness (QED) is 0.0763. The summed E-state index contributed by atoms with van der Waals surface area (Å²) in [7, 11) is 0. The van der Waals surface area contributed by atoms with Crippen molar-refractivity contribution >= 4 is 46.9 Å². The molecule has 60 heavy (non-hydrogen) atoms. The van der Waals surface area contributed by atoms with Gasteiger partial charge in [0.2, 0.25) is 0 Å². The highest BCUT2D eigenvalue weighted by Crippen LogP contribution is 2.29. The number of amides is 2. The van der Waals surface area contributed by atoms with Crippen LogP contribution in [0.1, 0.15) is 133 Å². The summed E-state index contributed by atoms with van der Waals surface area (Å²) in [6, 6.07) is 24.0. The Hall–Kier alpha value is -6.10. The summed E-state index contributed by atoms with van der Waals surface area (Å²) in [5.74, 6) is -1.33. The fourth-order valence-electron chi connectivity index (χ4n) is 8.25. The SMILES string of the molecule is O=C(Cc1ccc(OC(=O)C2CCCCC2)cc1)c1cc(C(=O)Nc2ccc(OC(=O)C3CCCCC3)cc2)cc(C(=O)Nc2ccc(OC(=O)C3CCCCC3)cc2)c1. The highest BCUT2D eigenvalue weighted by Gasteiger charge is 2.26. The summed E-state index contributed by atoms with van der Waals surface area (Å²) in [6.45, 7) is 0. The van der Waals surface area contributed by atoms with E-state index in [1.807, 2.05) is 0 Å². The molecule has 0 spiro atoms. The van der Waals surface area contributed by atoms with E-state index < -0.39 is 11.8 Å². The summed E-state index contributed by atoms with van der Waals surface area (Å²) in [5.41, 5.74) is 1.81. The first-order valence-electron chi connectivity index (χ1n) is 21.4. The number of ether oxygens (including phenoxy) is 3. The number of Topliss-reactive ketones (excluding diaryl/α,β-unsaturated/α-hetero) is 1. The van der Waals surface area contributed by atoms with Crippen molar-refractivity contribution in [3.63, 3.8) is 0 Å². The summed E-state index contributed by atoms with van der Waals surface area (Å²) >= 11 is 0. The number of benzene rings is 4. The van der Waals surface area contributed by atoms with E-state index in [9.17, 15) is 28.8 Å². The van der Waals surface area contributed by atoms with Crippen LogP contribution in [0.3, 0.4) is 0 Å². The van der Waals surface area contributed by atoms with Crippen LogP contribution >= 0.6 is 0 Å².